The standard InChI is InChI=1S/C14H19ClN2O4S/c1-5-8-16-14(18)10(2)17(22(4,19)20)12-9-11(15)6-7-13(12)21-3/h5-7,9-10H,1,8H2,2-4H3,(H,16,18)/t10-/m1/s1. The molecule has 1 atom stereocenters. The molecule has 0 aliphatic heterocycles. The number of halogens is 1. The lowest BCUT2D eigenvalue weighted by Crippen LogP contribution is -2.48. The van der Waals surface area contributed by atoms with Crippen LogP contribution in [0.3, 0.4) is 0 Å². The van der Waals surface area contributed by atoms with Crippen molar-refractivity contribution in [1.29, 1.82) is 0 Å². The number of benzene rings is 1. The van der Waals surface area contributed by atoms with E-state index in [1.807, 2.05) is 0 Å². The predicted molar refractivity (Wildman–Crippen MR) is 88.0 cm³/mol. The molecule has 0 unspecified atom stereocenters. The third-order valence-electron chi connectivity index (χ3n) is 2.89. The van der Waals surface area contributed by atoms with Crippen molar-refractivity contribution in [1.82, 2.24) is 5.32 Å². The van der Waals surface area contributed by atoms with Gasteiger partial charge in [-0.05, 0) is 25.1 Å². The van der Waals surface area contributed by atoms with Crippen molar-refractivity contribution in [3.8, 4) is 5.75 Å². The Labute approximate surface area is 135 Å². The molecule has 0 spiro atoms. The summed E-state index contributed by atoms with van der Waals surface area (Å²) in [6.45, 7) is 5.23. The average molecular weight is 347 g/mol. The zero-order chi connectivity index (χ0) is 16.9. The SMILES string of the molecule is C=CCNC(=O)[C@@H](C)N(c1cc(Cl)ccc1OC)S(C)(=O)=O. The van der Waals surface area contributed by atoms with Crippen LogP contribution >= 0.6 is 11.6 Å². The number of nitrogens with zero attached hydrogens (tertiary/aromatic N) is 1. The maximum absolute atomic E-state index is 12.2. The first-order valence-corrected chi connectivity index (χ1v) is 8.66. The second kappa shape index (κ2) is 7.51. The molecule has 0 radical (unpaired) electrons. The number of amides is 1. The molecule has 0 heterocycles. The van der Waals surface area contributed by atoms with Gasteiger partial charge in [-0.1, -0.05) is 17.7 Å². The first kappa shape index (κ1) is 18.3. The van der Waals surface area contributed by atoms with E-state index in [4.69, 9.17) is 16.3 Å². The monoisotopic (exact) mass is 346 g/mol. The molecule has 0 aliphatic carbocycles. The van der Waals surface area contributed by atoms with Gasteiger partial charge in [-0.15, -0.1) is 6.58 Å². The van der Waals surface area contributed by atoms with E-state index in [-0.39, 0.29) is 12.2 Å². The molecular formula is C14H19ClN2O4S. The summed E-state index contributed by atoms with van der Waals surface area (Å²) >= 11 is 5.94. The highest BCUT2D eigenvalue weighted by Crippen LogP contribution is 2.34. The normalized spacial score (nSPS) is 12.4. The Hall–Kier alpha value is -1.73. The Balaban J connectivity index is 3.34. The number of carbonyl (C=O) groups is 1. The predicted octanol–water partition coefficient (Wildman–Crippen LogP) is 1.81. The zero-order valence-electron chi connectivity index (χ0n) is 12.7. The number of methoxy groups -OCH3 is 1. The van der Waals surface area contributed by atoms with Crippen molar-refractivity contribution in [2.24, 2.45) is 0 Å². The number of rotatable bonds is 7. The summed E-state index contributed by atoms with van der Waals surface area (Å²) in [5.41, 5.74) is 0.207. The van der Waals surface area contributed by atoms with E-state index in [1.165, 1.54) is 26.2 Å². The van der Waals surface area contributed by atoms with Crippen molar-refractivity contribution in [3.05, 3.63) is 35.9 Å². The highest BCUT2D eigenvalue weighted by molar-refractivity contribution is 7.92. The summed E-state index contributed by atoms with van der Waals surface area (Å²) in [5, 5.41) is 2.91. The first-order valence-electron chi connectivity index (χ1n) is 6.44. The Bertz CT molecular complexity index is 661. The van der Waals surface area contributed by atoms with Crippen LogP contribution in [0.1, 0.15) is 6.92 Å². The summed E-state index contributed by atoms with van der Waals surface area (Å²) in [4.78, 5) is 12.1. The Morgan fingerprint density at radius 1 is 1.55 bits per heavy atom. The molecule has 6 nitrogen and oxygen atoms in total. The Kier molecular flexibility index (Phi) is 6.25. The molecule has 1 rings (SSSR count). The van der Waals surface area contributed by atoms with E-state index >= 15 is 0 Å². The van der Waals surface area contributed by atoms with Crippen LogP contribution in [0, 0.1) is 0 Å². The summed E-state index contributed by atoms with van der Waals surface area (Å²) in [6.07, 6.45) is 2.53. The molecule has 0 saturated heterocycles. The summed E-state index contributed by atoms with van der Waals surface area (Å²) in [5.74, 6) is -0.148. The molecule has 122 valence electrons. The van der Waals surface area contributed by atoms with Gasteiger partial charge in [0.2, 0.25) is 15.9 Å². The molecule has 1 aromatic rings. The lowest BCUT2D eigenvalue weighted by molar-refractivity contribution is -0.121. The van der Waals surface area contributed by atoms with Gasteiger partial charge in [0.25, 0.3) is 0 Å². The quantitative estimate of drug-likeness (QED) is 0.764. The second-order valence-electron chi connectivity index (χ2n) is 4.58. The Morgan fingerprint density at radius 2 is 2.18 bits per heavy atom. The van der Waals surface area contributed by atoms with Gasteiger partial charge in [0.1, 0.15) is 11.8 Å². The van der Waals surface area contributed by atoms with Gasteiger partial charge in [0.15, 0.2) is 0 Å². The fraction of sp³-hybridized carbons (Fsp3) is 0.357. The van der Waals surface area contributed by atoms with Crippen LogP contribution in [-0.2, 0) is 14.8 Å². The number of anilines is 1. The molecule has 22 heavy (non-hydrogen) atoms. The van der Waals surface area contributed by atoms with Crippen LogP contribution in [0.2, 0.25) is 5.02 Å². The van der Waals surface area contributed by atoms with E-state index in [9.17, 15) is 13.2 Å². The number of carbonyl (C=O) groups excluding carboxylic acids is 1. The minimum atomic E-state index is -3.73. The van der Waals surface area contributed by atoms with Gasteiger partial charge in [0, 0.05) is 11.6 Å². The van der Waals surface area contributed by atoms with Crippen molar-refractivity contribution < 1.29 is 17.9 Å². The third kappa shape index (κ3) is 4.38. The molecule has 0 saturated carbocycles. The van der Waals surface area contributed by atoms with Gasteiger partial charge in [-0.2, -0.15) is 0 Å². The number of nitrogens with one attached hydrogen (secondary N) is 1. The van der Waals surface area contributed by atoms with Crippen LogP contribution in [0.5, 0.6) is 5.75 Å². The van der Waals surface area contributed by atoms with E-state index in [0.717, 1.165) is 10.6 Å². The van der Waals surface area contributed by atoms with Gasteiger partial charge in [-0.3, -0.25) is 9.10 Å². The number of hydrogen-bond donors (Lipinski definition) is 1. The molecule has 0 bridgehead atoms. The van der Waals surface area contributed by atoms with Crippen LogP contribution < -0.4 is 14.4 Å². The Morgan fingerprint density at radius 3 is 2.68 bits per heavy atom. The third-order valence-corrected chi connectivity index (χ3v) is 4.35. The van der Waals surface area contributed by atoms with E-state index in [2.05, 4.69) is 11.9 Å². The van der Waals surface area contributed by atoms with E-state index < -0.39 is 22.0 Å². The minimum absolute atomic E-state index is 0.207. The topological polar surface area (TPSA) is 75.7 Å². The molecular weight excluding hydrogens is 328 g/mol. The van der Waals surface area contributed by atoms with Crippen LogP contribution in [0.15, 0.2) is 30.9 Å². The highest BCUT2D eigenvalue weighted by atomic mass is 35.5. The summed E-state index contributed by atoms with van der Waals surface area (Å²) in [7, 11) is -2.32. The molecule has 8 heteroatoms. The highest BCUT2D eigenvalue weighted by Gasteiger charge is 2.31. The molecule has 0 aliphatic rings. The van der Waals surface area contributed by atoms with Crippen LogP contribution in [0.25, 0.3) is 0 Å². The average Bonchev–Trinajstić information content (AvgIpc) is 2.43. The summed E-state index contributed by atoms with van der Waals surface area (Å²) in [6, 6.07) is 3.60. The largest absolute Gasteiger partial charge is 0.495 e. The van der Waals surface area contributed by atoms with Crippen molar-refractivity contribution in [2.75, 3.05) is 24.2 Å². The van der Waals surface area contributed by atoms with Crippen molar-refractivity contribution in [2.45, 2.75) is 13.0 Å². The second-order valence-corrected chi connectivity index (χ2v) is 6.88. The van der Waals surface area contributed by atoms with Gasteiger partial charge in [0.05, 0.1) is 19.1 Å². The van der Waals surface area contributed by atoms with Gasteiger partial charge < -0.3 is 10.1 Å². The fourth-order valence-corrected chi connectivity index (χ4v) is 3.27. The lowest BCUT2D eigenvalue weighted by atomic mass is 10.2. The molecule has 1 aromatic carbocycles. The number of sulfonamides is 1. The molecule has 0 aromatic heterocycles. The fourth-order valence-electron chi connectivity index (χ4n) is 1.94. The summed E-state index contributed by atoms with van der Waals surface area (Å²) < 4.78 is 30.5. The number of ether oxygens (including phenoxy) is 1. The molecule has 0 fully saturated rings. The molecule has 1 amide bonds. The zero-order valence-corrected chi connectivity index (χ0v) is 14.2. The van der Waals surface area contributed by atoms with Crippen molar-refractivity contribution >= 4 is 33.2 Å². The first-order chi connectivity index (χ1) is 10.2. The van der Waals surface area contributed by atoms with E-state index in [1.54, 1.807) is 12.1 Å². The minimum Gasteiger partial charge on any atom is -0.495 e. The number of hydrogen-bond acceptors (Lipinski definition) is 4. The van der Waals surface area contributed by atoms with Gasteiger partial charge >= 0.3 is 0 Å². The lowest BCUT2D eigenvalue weighted by Gasteiger charge is -2.29. The van der Waals surface area contributed by atoms with Crippen LogP contribution in [0.4, 0.5) is 5.69 Å². The van der Waals surface area contributed by atoms with Gasteiger partial charge in [-0.25, -0.2) is 8.42 Å². The smallest absolute Gasteiger partial charge is 0.243 e. The maximum Gasteiger partial charge on any atom is 0.243 e. The van der Waals surface area contributed by atoms with Crippen molar-refractivity contribution in [3.63, 3.8) is 0 Å². The molecule has 1 N–H and O–H groups in total. The maximum atomic E-state index is 12.2. The van der Waals surface area contributed by atoms with E-state index in [0.29, 0.717) is 10.8 Å². The van der Waals surface area contributed by atoms with Crippen LogP contribution in [-0.4, -0.2) is 40.3 Å².